The Morgan fingerprint density at radius 3 is 2.69 bits per heavy atom. The van der Waals surface area contributed by atoms with Gasteiger partial charge in [0.1, 0.15) is 0 Å². The van der Waals surface area contributed by atoms with Crippen LogP contribution in [-0.2, 0) is 7.05 Å². The van der Waals surface area contributed by atoms with E-state index < -0.39 is 12.5 Å². The predicted octanol–water partition coefficient (Wildman–Crippen LogP) is 2.83. The minimum absolute atomic E-state index is 0.298. The maximum atomic E-state index is 12.3. The standard InChI is InChI=1S/C12H14F2N2/c1-16-7-9(10(15)6-12(13)14)8-4-2-3-5-11(8)16/h2-5,7,10,12H,6,15H2,1H3/t10-/m1/s1. The Kier molecular flexibility index (Phi) is 2.92. The first-order valence-electron chi connectivity index (χ1n) is 5.17. The maximum Gasteiger partial charge on any atom is 0.240 e. The number of fused-ring (bicyclic) bond motifs is 1. The van der Waals surface area contributed by atoms with Gasteiger partial charge in [0, 0.05) is 36.6 Å². The quantitative estimate of drug-likeness (QED) is 0.853. The lowest BCUT2D eigenvalue weighted by molar-refractivity contribution is 0.128. The van der Waals surface area contributed by atoms with E-state index in [0.717, 1.165) is 16.5 Å². The molecule has 2 nitrogen and oxygen atoms in total. The van der Waals surface area contributed by atoms with Crippen LogP contribution in [0.25, 0.3) is 10.9 Å². The molecular formula is C12H14F2N2. The van der Waals surface area contributed by atoms with Crippen LogP contribution in [0.4, 0.5) is 8.78 Å². The van der Waals surface area contributed by atoms with Gasteiger partial charge in [-0.05, 0) is 11.6 Å². The van der Waals surface area contributed by atoms with Crippen molar-refractivity contribution < 1.29 is 8.78 Å². The maximum absolute atomic E-state index is 12.3. The molecule has 0 aliphatic carbocycles. The number of alkyl halides is 2. The second-order valence-electron chi connectivity index (χ2n) is 3.95. The van der Waals surface area contributed by atoms with Crippen molar-refractivity contribution in [2.75, 3.05) is 0 Å². The third kappa shape index (κ3) is 1.93. The summed E-state index contributed by atoms with van der Waals surface area (Å²) in [6.07, 6.45) is -0.833. The first-order valence-corrected chi connectivity index (χ1v) is 5.17. The summed E-state index contributed by atoms with van der Waals surface area (Å²) in [7, 11) is 1.89. The molecule has 1 atom stereocenters. The van der Waals surface area contributed by atoms with Gasteiger partial charge in [-0.2, -0.15) is 0 Å². The van der Waals surface area contributed by atoms with Gasteiger partial charge >= 0.3 is 0 Å². The number of benzene rings is 1. The van der Waals surface area contributed by atoms with Gasteiger partial charge in [-0.3, -0.25) is 0 Å². The van der Waals surface area contributed by atoms with Crippen molar-refractivity contribution in [3.63, 3.8) is 0 Å². The van der Waals surface area contributed by atoms with Crippen molar-refractivity contribution in [2.24, 2.45) is 12.8 Å². The number of aromatic nitrogens is 1. The molecule has 0 aliphatic rings. The van der Waals surface area contributed by atoms with Gasteiger partial charge in [-0.1, -0.05) is 18.2 Å². The molecule has 0 amide bonds. The number of rotatable bonds is 3. The Hall–Kier alpha value is -1.42. The van der Waals surface area contributed by atoms with E-state index in [2.05, 4.69) is 0 Å². The monoisotopic (exact) mass is 224 g/mol. The lowest BCUT2D eigenvalue weighted by Crippen LogP contribution is -2.13. The summed E-state index contributed by atoms with van der Waals surface area (Å²) in [4.78, 5) is 0. The molecule has 2 rings (SSSR count). The normalized spacial score (nSPS) is 13.6. The average molecular weight is 224 g/mol. The molecule has 1 aromatic heterocycles. The number of halogens is 2. The van der Waals surface area contributed by atoms with Gasteiger partial charge in [0.05, 0.1) is 0 Å². The highest BCUT2D eigenvalue weighted by atomic mass is 19.3. The van der Waals surface area contributed by atoms with E-state index >= 15 is 0 Å². The van der Waals surface area contributed by atoms with Crippen LogP contribution in [0, 0.1) is 0 Å². The fourth-order valence-corrected chi connectivity index (χ4v) is 1.99. The number of hydrogen-bond acceptors (Lipinski definition) is 1. The first-order chi connectivity index (χ1) is 7.59. The smallest absolute Gasteiger partial charge is 0.240 e. The molecular weight excluding hydrogens is 210 g/mol. The molecule has 4 heteroatoms. The molecule has 0 aliphatic heterocycles. The summed E-state index contributed by atoms with van der Waals surface area (Å²) in [5.41, 5.74) is 7.59. The van der Waals surface area contributed by atoms with Crippen molar-refractivity contribution in [1.29, 1.82) is 0 Å². The largest absolute Gasteiger partial charge is 0.350 e. The van der Waals surface area contributed by atoms with E-state index in [0.29, 0.717) is 0 Å². The van der Waals surface area contributed by atoms with Crippen LogP contribution in [0.2, 0.25) is 0 Å². The zero-order chi connectivity index (χ0) is 11.7. The zero-order valence-electron chi connectivity index (χ0n) is 9.03. The summed E-state index contributed by atoms with van der Waals surface area (Å²) < 4.78 is 26.5. The molecule has 0 saturated carbocycles. The van der Waals surface area contributed by atoms with E-state index in [1.54, 1.807) is 0 Å². The summed E-state index contributed by atoms with van der Waals surface area (Å²) >= 11 is 0. The molecule has 0 bridgehead atoms. The van der Waals surface area contributed by atoms with Gasteiger partial charge < -0.3 is 10.3 Å². The molecule has 16 heavy (non-hydrogen) atoms. The van der Waals surface area contributed by atoms with Gasteiger partial charge in [0.2, 0.25) is 6.43 Å². The van der Waals surface area contributed by atoms with E-state index in [-0.39, 0.29) is 6.42 Å². The summed E-state index contributed by atoms with van der Waals surface area (Å²) in [5.74, 6) is 0. The molecule has 86 valence electrons. The van der Waals surface area contributed by atoms with Crippen molar-refractivity contribution in [2.45, 2.75) is 18.9 Å². The lowest BCUT2D eigenvalue weighted by atomic mass is 10.0. The topological polar surface area (TPSA) is 30.9 Å². The lowest BCUT2D eigenvalue weighted by Gasteiger charge is -2.09. The molecule has 0 radical (unpaired) electrons. The van der Waals surface area contributed by atoms with Crippen LogP contribution < -0.4 is 5.73 Å². The van der Waals surface area contributed by atoms with Crippen LogP contribution >= 0.6 is 0 Å². The Morgan fingerprint density at radius 2 is 2.00 bits per heavy atom. The Labute approximate surface area is 92.7 Å². The Morgan fingerprint density at radius 1 is 1.31 bits per heavy atom. The molecule has 0 unspecified atom stereocenters. The van der Waals surface area contributed by atoms with Crippen molar-refractivity contribution in [3.8, 4) is 0 Å². The molecule has 0 fully saturated rings. The fraction of sp³-hybridized carbons (Fsp3) is 0.333. The van der Waals surface area contributed by atoms with Crippen molar-refractivity contribution >= 4 is 10.9 Å². The predicted molar refractivity (Wildman–Crippen MR) is 60.5 cm³/mol. The molecule has 0 spiro atoms. The van der Waals surface area contributed by atoms with Crippen LogP contribution in [-0.4, -0.2) is 11.0 Å². The SMILES string of the molecule is Cn1cc([C@H](N)CC(F)F)c2ccccc21. The van der Waals surface area contributed by atoms with Gasteiger partial charge in [-0.15, -0.1) is 0 Å². The molecule has 1 aromatic carbocycles. The van der Waals surface area contributed by atoms with Gasteiger partial charge in [0.15, 0.2) is 0 Å². The Balaban J connectivity index is 2.44. The Bertz CT molecular complexity index is 491. The number of nitrogens with two attached hydrogens (primary N) is 1. The van der Waals surface area contributed by atoms with Crippen LogP contribution in [0.1, 0.15) is 18.0 Å². The second kappa shape index (κ2) is 4.22. The third-order valence-electron chi connectivity index (χ3n) is 2.76. The molecule has 1 heterocycles. The highest BCUT2D eigenvalue weighted by molar-refractivity contribution is 5.84. The summed E-state index contributed by atoms with van der Waals surface area (Å²) in [5, 5.41) is 0.957. The highest BCUT2D eigenvalue weighted by Crippen LogP contribution is 2.27. The molecule has 2 N–H and O–H groups in total. The van der Waals surface area contributed by atoms with Crippen LogP contribution in [0.3, 0.4) is 0 Å². The first kappa shape index (κ1) is 11.1. The van der Waals surface area contributed by atoms with Gasteiger partial charge in [-0.25, -0.2) is 8.78 Å². The van der Waals surface area contributed by atoms with Crippen molar-refractivity contribution in [1.82, 2.24) is 4.57 Å². The van der Waals surface area contributed by atoms with E-state index in [9.17, 15) is 8.78 Å². The van der Waals surface area contributed by atoms with E-state index in [1.807, 2.05) is 42.1 Å². The number of para-hydroxylation sites is 1. The minimum Gasteiger partial charge on any atom is -0.350 e. The van der Waals surface area contributed by atoms with E-state index in [1.165, 1.54) is 0 Å². The zero-order valence-corrected chi connectivity index (χ0v) is 9.03. The second-order valence-corrected chi connectivity index (χ2v) is 3.95. The third-order valence-corrected chi connectivity index (χ3v) is 2.76. The van der Waals surface area contributed by atoms with E-state index in [4.69, 9.17) is 5.73 Å². The molecule has 0 saturated heterocycles. The van der Waals surface area contributed by atoms with Crippen LogP contribution in [0.15, 0.2) is 30.5 Å². The molecule has 2 aromatic rings. The van der Waals surface area contributed by atoms with Crippen molar-refractivity contribution in [3.05, 3.63) is 36.0 Å². The number of aryl methyl sites for hydroxylation is 1. The number of hydrogen-bond donors (Lipinski definition) is 1. The van der Waals surface area contributed by atoms with Gasteiger partial charge in [0.25, 0.3) is 0 Å². The fourth-order valence-electron chi connectivity index (χ4n) is 1.99. The van der Waals surface area contributed by atoms with Crippen LogP contribution in [0.5, 0.6) is 0 Å². The summed E-state index contributed by atoms with van der Waals surface area (Å²) in [6.45, 7) is 0. The average Bonchev–Trinajstić information content (AvgIpc) is 2.56. The summed E-state index contributed by atoms with van der Waals surface area (Å²) in [6, 6.07) is 7.07. The minimum atomic E-state index is -2.37. The number of nitrogens with zero attached hydrogens (tertiary/aromatic N) is 1. The highest BCUT2D eigenvalue weighted by Gasteiger charge is 2.17.